The molecule has 1 N–H and O–H groups in total. The van der Waals surface area contributed by atoms with Gasteiger partial charge in [-0.25, -0.2) is 0 Å². The first kappa shape index (κ1) is 10.6. The van der Waals surface area contributed by atoms with Crippen molar-refractivity contribution in [2.45, 2.75) is 19.8 Å². The van der Waals surface area contributed by atoms with Gasteiger partial charge in [0.05, 0.1) is 7.11 Å². The van der Waals surface area contributed by atoms with Crippen LogP contribution >= 0.6 is 0 Å². The Hall–Kier alpha value is -1.51. The van der Waals surface area contributed by atoms with E-state index in [1.165, 1.54) is 19.2 Å². The third kappa shape index (κ3) is 2.25. The van der Waals surface area contributed by atoms with Crippen molar-refractivity contribution in [1.82, 2.24) is 0 Å². The lowest BCUT2D eigenvalue weighted by molar-refractivity contribution is 0.414. The first-order valence-corrected chi connectivity index (χ1v) is 4.47. The molecular formula is C11H14O3. The molecule has 14 heavy (non-hydrogen) atoms. The minimum atomic E-state index is -0.422. The number of aromatic hydroxyl groups is 1. The van der Waals surface area contributed by atoms with Crippen LogP contribution in [0, 0.1) is 0 Å². The molecule has 0 saturated heterocycles. The highest BCUT2D eigenvalue weighted by Crippen LogP contribution is 2.20. The van der Waals surface area contributed by atoms with Crippen LogP contribution in [-0.2, 0) is 0 Å². The Labute approximate surface area is 83.0 Å². The van der Waals surface area contributed by atoms with Gasteiger partial charge in [-0.15, -0.1) is 0 Å². The Morgan fingerprint density at radius 1 is 1.29 bits per heavy atom. The topological polar surface area (TPSA) is 46.5 Å². The normalized spacial score (nSPS) is 10.3. The fourth-order valence-electron chi connectivity index (χ4n) is 1.13. The average molecular weight is 194 g/mol. The van der Waals surface area contributed by atoms with Crippen LogP contribution in [0.25, 0.3) is 0 Å². The van der Waals surface area contributed by atoms with Crippen molar-refractivity contribution >= 4 is 0 Å². The highest BCUT2D eigenvalue weighted by Gasteiger charge is 2.04. The van der Waals surface area contributed by atoms with Crippen molar-refractivity contribution < 1.29 is 9.84 Å². The van der Waals surface area contributed by atoms with Gasteiger partial charge in [-0.1, -0.05) is 13.8 Å². The molecular weight excluding hydrogens is 180 g/mol. The zero-order valence-electron chi connectivity index (χ0n) is 8.57. The Morgan fingerprint density at radius 2 is 1.93 bits per heavy atom. The van der Waals surface area contributed by atoms with Gasteiger partial charge in [-0.3, -0.25) is 4.79 Å². The van der Waals surface area contributed by atoms with E-state index >= 15 is 0 Å². The van der Waals surface area contributed by atoms with E-state index in [1.807, 2.05) is 13.8 Å². The summed E-state index contributed by atoms with van der Waals surface area (Å²) in [6.45, 7) is 3.97. The third-order valence-corrected chi connectivity index (χ3v) is 2.04. The lowest BCUT2D eigenvalue weighted by Gasteiger charge is -2.02. The van der Waals surface area contributed by atoms with E-state index in [-0.39, 0.29) is 11.7 Å². The van der Waals surface area contributed by atoms with Gasteiger partial charge in [0.2, 0.25) is 5.43 Å². The smallest absolute Gasteiger partial charge is 0.223 e. The number of rotatable bonds is 2. The van der Waals surface area contributed by atoms with E-state index in [0.29, 0.717) is 5.75 Å². The van der Waals surface area contributed by atoms with Gasteiger partial charge in [0.25, 0.3) is 0 Å². The molecule has 0 aliphatic carbocycles. The second-order valence-electron chi connectivity index (χ2n) is 3.44. The minimum absolute atomic E-state index is 0.238. The van der Waals surface area contributed by atoms with E-state index < -0.39 is 5.43 Å². The summed E-state index contributed by atoms with van der Waals surface area (Å²) in [5, 5.41) is 9.36. The lowest BCUT2D eigenvalue weighted by atomic mass is 10.1. The molecule has 0 fully saturated rings. The molecule has 0 saturated carbocycles. The SMILES string of the molecule is COc1cc(C(C)C)cc(O)c(=O)c1. The predicted molar refractivity (Wildman–Crippen MR) is 55.0 cm³/mol. The maximum absolute atomic E-state index is 11.2. The molecule has 0 aromatic heterocycles. The quantitative estimate of drug-likeness (QED) is 0.782. The molecule has 0 heterocycles. The number of methoxy groups -OCH3 is 1. The summed E-state index contributed by atoms with van der Waals surface area (Å²) in [6, 6.07) is 4.52. The molecule has 1 rings (SSSR count). The summed E-state index contributed by atoms with van der Waals surface area (Å²) in [4.78, 5) is 11.2. The van der Waals surface area contributed by atoms with Gasteiger partial charge in [0.1, 0.15) is 5.75 Å². The van der Waals surface area contributed by atoms with Crippen molar-refractivity contribution in [2.24, 2.45) is 0 Å². The van der Waals surface area contributed by atoms with Crippen LogP contribution < -0.4 is 10.2 Å². The van der Waals surface area contributed by atoms with Crippen LogP contribution in [0.4, 0.5) is 0 Å². The van der Waals surface area contributed by atoms with Crippen LogP contribution in [0.15, 0.2) is 23.0 Å². The second-order valence-corrected chi connectivity index (χ2v) is 3.44. The third-order valence-electron chi connectivity index (χ3n) is 2.04. The first-order valence-electron chi connectivity index (χ1n) is 4.47. The highest BCUT2D eigenvalue weighted by atomic mass is 16.5. The fraction of sp³-hybridized carbons (Fsp3) is 0.364. The van der Waals surface area contributed by atoms with Crippen molar-refractivity contribution in [2.75, 3.05) is 7.11 Å². The summed E-state index contributed by atoms with van der Waals surface area (Å²) in [6.07, 6.45) is 0. The molecule has 0 radical (unpaired) electrons. The number of ether oxygens (including phenoxy) is 1. The number of hydrogen-bond donors (Lipinski definition) is 1. The molecule has 0 aliphatic rings. The Kier molecular flexibility index (Phi) is 3.12. The summed E-state index contributed by atoms with van der Waals surface area (Å²) in [5.74, 6) is 0.470. The van der Waals surface area contributed by atoms with E-state index in [1.54, 1.807) is 6.07 Å². The summed E-state index contributed by atoms with van der Waals surface area (Å²) in [7, 11) is 1.50. The Morgan fingerprint density at radius 3 is 2.43 bits per heavy atom. The average Bonchev–Trinajstić information content (AvgIpc) is 2.27. The van der Waals surface area contributed by atoms with Crippen LogP contribution in [0.3, 0.4) is 0 Å². The maximum atomic E-state index is 11.2. The van der Waals surface area contributed by atoms with Crippen LogP contribution in [0.5, 0.6) is 11.5 Å². The monoisotopic (exact) mass is 194 g/mol. The maximum Gasteiger partial charge on any atom is 0.223 e. The van der Waals surface area contributed by atoms with Gasteiger partial charge in [0.15, 0.2) is 5.75 Å². The zero-order chi connectivity index (χ0) is 10.7. The van der Waals surface area contributed by atoms with Crippen LogP contribution in [0.2, 0.25) is 0 Å². The van der Waals surface area contributed by atoms with Crippen molar-refractivity contribution in [3.8, 4) is 11.5 Å². The van der Waals surface area contributed by atoms with Crippen LogP contribution in [-0.4, -0.2) is 12.2 Å². The molecule has 76 valence electrons. The van der Waals surface area contributed by atoms with Gasteiger partial charge >= 0.3 is 0 Å². The molecule has 0 aliphatic heterocycles. The second kappa shape index (κ2) is 4.13. The molecule has 1 aromatic carbocycles. The standard InChI is InChI=1S/C11H14O3/c1-7(2)8-4-9(14-3)6-11(13)10(12)5-8/h4-7H,1-3H3,(H,12,13). The summed E-state index contributed by atoms with van der Waals surface area (Å²) in [5.41, 5.74) is 0.454. The Balaban J connectivity index is 3.43. The molecule has 0 bridgehead atoms. The van der Waals surface area contributed by atoms with Gasteiger partial charge in [0, 0.05) is 6.07 Å². The molecule has 0 spiro atoms. The zero-order valence-corrected chi connectivity index (χ0v) is 8.57. The van der Waals surface area contributed by atoms with E-state index in [9.17, 15) is 9.90 Å². The van der Waals surface area contributed by atoms with Gasteiger partial charge < -0.3 is 9.84 Å². The molecule has 0 amide bonds. The lowest BCUT2D eigenvalue weighted by Crippen LogP contribution is -1.94. The molecule has 0 atom stereocenters. The first-order chi connectivity index (χ1) is 6.54. The number of hydrogen-bond acceptors (Lipinski definition) is 3. The molecule has 0 unspecified atom stereocenters. The minimum Gasteiger partial charge on any atom is -0.504 e. The largest absolute Gasteiger partial charge is 0.504 e. The highest BCUT2D eigenvalue weighted by molar-refractivity contribution is 5.35. The van der Waals surface area contributed by atoms with Gasteiger partial charge in [-0.05, 0) is 23.6 Å². The van der Waals surface area contributed by atoms with Crippen molar-refractivity contribution in [3.05, 3.63) is 34.0 Å². The van der Waals surface area contributed by atoms with Crippen molar-refractivity contribution in [3.63, 3.8) is 0 Å². The van der Waals surface area contributed by atoms with Gasteiger partial charge in [-0.2, -0.15) is 0 Å². The van der Waals surface area contributed by atoms with Crippen molar-refractivity contribution in [1.29, 1.82) is 0 Å². The van der Waals surface area contributed by atoms with Crippen LogP contribution in [0.1, 0.15) is 25.3 Å². The van der Waals surface area contributed by atoms with E-state index in [0.717, 1.165) is 5.56 Å². The van der Waals surface area contributed by atoms with E-state index in [2.05, 4.69) is 0 Å². The van der Waals surface area contributed by atoms with E-state index in [4.69, 9.17) is 4.74 Å². The summed E-state index contributed by atoms with van der Waals surface area (Å²) >= 11 is 0. The fourth-order valence-corrected chi connectivity index (χ4v) is 1.13. The predicted octanol–water partition coefficient (Wildman–Crippen LogP) is 1.88. The molecule has 1 aromatic rings. The molecule has 3 nitrogen and oxygen atoms in total. The Bertz CT molecular complexity index is 383. The molecule has 3 heteroatoms. The summed E-state index contributed by atoms with van der Waals surface area (Å²) < 4.78 is 4.99.